The summed E-state index contributed by atoms with van der Waals surface area (Å²) in [5.41, 5.74) is 0.825. The number of carbonyl (C=O) groups excluding carboxylic acids is 2. The third-order valence-electron chi connectivity index (χ3n) is 6.84. The lowest BCUT2D eigenvalue weighted by Crippen LogP contribution is -2.44. The molecule has 4 nitrogen and oxygen atoms in total. The number of benzene rings is 2. The maximum Gasteiger partial charge on any atom is 0.409 e. The average molecular weight is 421 g/mol. The molecule has 3 rings (SSSR count). The summed E-state index contributed by atoms with van der Waals surface area (Å²) in [4.78, 5) is 22.2. The second-order valence-electron chi connectivity index (χ2n) is 8.29. The normalized spacial score (nSPS) is 21.7. The predicted octanol–water partition coefficient (Wildman–Crippen LogP) is 6.79. The molecule has 0 saturated carbocycles. The first kappa shape index (κ1) is 20.7. The summed E-state index contributed by atoms with van der Waals surface area (Å²) in [6.45, 7) is 11.1. The fourth-order valence-electron chi connectivity index (χ4n) is 4.40. The number of carbonyl (C=O) groups is 2. The molecule has 0 aliphatic heterocycles. The molecule has 0 saturated heterocycles. The third-order valence-corrected chi connectivity index (χ3v) is 7.00. The van der Waals surface area contributed by atoms with Gasteiger partial charge in [-0.05, 0) is 51.8 Å². The zero-order valence-electron chi connectivity index (χ0n) is 16.4. The Morgan fingerprint density at radius 2 is 1.25 bits per heavy atom. The van der Waals surface area contributed by atoms with Gasteiger partial charge in [-0.2, -0.15) is 0 Å². The van der Waals surface area contributed by atoms with Crippen molar-refractivity contribution in [3.05, 3.63) is 59.2 Å². The number of fused-ring (bicyclic) bond motifs is 1. The second-order valence-corrected chi connectivity index (χ2v) is 8.90. The zero-order valence-corrected chi connectivity index (χ0v) is 17.9. The molecule has 0 heterocycles. The van der Waals surface area contributed by atoms with Crippen LogP contribution in [0.5, 0.6) is 11.5 Å². The topological polar surface area (TPSA) is 52.6 Å². The maximum atomic E-state index is 11.2. The van der Waals surface area contributed by atoms with Gasteiger partial charge < -0.3 is 9.47 Å². The molecule has 1 aliphatic carbocycles. The summed E-state index contributed by atoms with van der Waals surface area (Å²) in [5.74, 6) is 0.790. The Balaban J connectivity index is 2.18. The summed E-state index contributed by atoms with van der Waals surface area (Å²) in [6, 6.07) is 13.0. The summed E-state index contributed by atoms with van der Waals surface area (Å²) >= 11 is 10.7. The summed E-state index contributed by atoms with van der Waals surface area (Å²) in [5, 5.41) is 0. The molecule has 6 heteroatoms. The monoisotopic (exact) mass is 420 g/mol. The summed E-state index contributed by atoms with van der Waals surface area (Å²) < 4.78 is 10.1. The SMILES string of the molecule is CC1(C)c2ccc(OC(=O)Cl)cc2C(C)(c2ccc(OC(=O)Cl)cc2)C1(C)C. The van der Waals surface area contributed by atoms with E-state index in [-0.39, 0.29) is 10.8 Å². The van der Waals surface area contributed by atoms with Gasteiger partial charge in [0, 0.05) is 28.6 Å². The van der Waals surface area contributed by atoms with E-state index in [1.165, 1.54) is 5.56 Å². The molecule has 2 aromatic carbocycles. The molecule has 0 aromatic heterocycles. The van der Waals surface area contributed by atoms with Crippen molar-refractivity contribution in [2.45, 2.75) is 45.4 Å². The van der Waals surface area contributed by atoms with Crippen LogP contribution < -0.4 is 9.47 Å². The van der Waals surface area contributed by atoms with Crippen molar-refractivity contribution in [1.82, 2.24) is 0 Å². The van der Waals surface area contributed by atoms with E-state index >= 15 is 0 Å². The summed E-state index contributed by atoms with van der Waals surface area (Å²) in [7, 11) is 0. The fourth-order valence-corrected chi connectivity index (χ4v) is 4.58. The van der Waals surface area contributed by atoms with Gasteiger partial charge in [0.1, 0.15) is 11.5 Å². The van der Waals surface area contributed by atoms with Crippen molar-refractivity contribution in [3.63, 3.8) is 0 Å². The van der Waals surface area contributed by atoms with Gasteiger partial charge in [-0.3, -0.25) is 0 Å². The molecular formula is C22H22Cl2O4. The number of hydrogen-bond donors (Lipinski definition) is 0. The van der Waals surface area contributed by atoms with Crippen LogP contribution in [-0.4, -0.2) is 10.9 Å². The van der Waals surface area contributed by atoms with E-state index in [0.29, 0.717) is 11.5 Å². The highest BCUT2D eigenvalue weighted by atomic mass is 35.5. The van der Waals surface area contributed by atoms with Gasteiger partial charge in [-0.1, -0.05) is 52.8 Å². The summed E-state index contributed by atoms with van der Waals surface area (Å²) in [6.07, 6.45) is 0. The molecule has 0 bridgehead atoms. The van der Waals surface area contributed by atoms with Gasteiger partial charge in [0.25, 0.3) is 0 Å². The smallest absolute Gasteiger partial charge is 0.409 e. The Morgan fingerprint density at radius 1 is 0.750 bits per heavy atom. The molecular weight excluding hydrogens is 399 g/mol. The van der Waals surface area contributed by atoms with Crippen LogP contribution in [-0.2, 0) is 10.8 Å². The molecule has 1 atom stereocenters. The Bertz CT molecular complexity index is 948. The molecule has 0 radical (unpaired) electrons. The van der Waals surface area contributed by atoms with Crippen molar-refractivity contribution < 1.29 is 19.1 Å². The van der Waals surface area contributed by atoms with E-state index < -0.39 is 16.3 Å². The fraction of sp³-hybridized carbons (Fsp3) is 0.364. The van der Waals surface area contributed by atoms with Gasteiger partial charge in [0.2, 0.25) is 0 Å². The Kier molecular flexibility index (Phi) is 5.01. The molecule has 0 fully saturated rings. The van der Waals surface area contributed by atoms with Crippen LogP contribution in [0.1, 0.15) is 51.3 Å². The average Bonchev–Trinajstić information content (AvgIpc) is 2.70. The van der Waals surface area contributed by atoms with Crippen LogP contribution in [0.25, 0.3) is 0 Å². The zero-order chi connectivity index (χ0) is 20.9. The van der Waals surface area contributed by atoms with Crippen molar-refractivity contribution in [2.75, 3.05) is 0 Å². The minimum Gasteiger partial charge on any atom is -0.415 e. The van der Waals surface area contributed by atoms with Crippen LogP contribution in [0.2, 0.25) is 0 Å². The van der Waals surface area contributed by atoms with Gasteiger partial charge in [-0.15, -0.1) is 0 Å². The van der Waals surface area contributed by atoms with Gasteiger partial charge in [0.05, 0.1) is 0 Å². The lowest BCUT2D eigenvalue weighted by atomic mass is 9.56. The highest BCUT2D eigenvalue weighted by molar-refractivity contribution is 6.61. The quantitative estimate of drug-likeness (QED) is 0.513. The molecule has 0 amide bonds. The van der Waals surface area contributed by atoms with Crippen LogP contribution in [0.4, 0.5) is 9.59 Å². The lowest BCUT2D eigenvalue weighted by molar-refractivity contribution is 0.139. The first-order valence-electron chi connectivity index (χ1n) is 8.91. The molecule has 1 unspecified atom stereocenters. The Morgan fingerprint density at radius 3 is 1.79 bits per heavy atom. The molecule has 2 aromatic rings. The minimum absolute atomic E-state index is 0.151. The number of halogens is 2. The first-order valence-corrected chi connectivity index (χ1v) is 9.67. The molecule has 1 aliphatic rings. The van der Waals surface area contributed by atoms with E-state index in [2.05, 4.69) is 34.6 Å². The first-order chi connectivity index (χ1) is 12.9. The van der Waals surface area contributed by atoms with Gasteiger partial charge in [0.15, 0.2) is 0 Å². The number of rotatable bonds is 3. The third kappa shape index (κ3) is 2.99. The second kappa shape index (κ2) is 6.78. The number of ether oxygens (including phenoxy) is 2. The van der Waals surface area contributed by atoms with E-state index in [9.17, 15) is 9.59 Å². The van der Waals surface area contributed by atoms with Crippen molar-refractivity contribution in [2.24, 2.45) is 5.41 Å². The maximum absolute atomic E-state index is 11.2. The Labute approximate surface area is 174 Å². The number of hydrogen-bond acceptors (Lipinski definition) is 4. The van der Waals surface area contributed by atoms with Gasteiger partial charge >= 0.3 is 10.9 Å². The minimum atomic E-state index is -0.876. The van der Waals surface area contributed by atoms with E-state index in [0.717, 1.165) is 11.1 Å². The molecule has 28 heavy (non-hydrogen) atoms. The van der Waals surface area contributed by atoms with Crippen LogP contribution in [0, 0.1) is 5.41 Å². The van der Waals surface area contributed by atoms with E-state index in [1.54, 1.807) is 18.2 Å². The van der Waals surface area contributed by atoms with Crippen LogP contribution >= 0.6 is 23.2 Å². The van der Waals surface area contributed by atoms with Crippen LogP contribution in [0.15, 0.2) is 42.5 Å². The van der Waals surface area contributed by atoms with E-state index in [1.807, 2.05) is 24.3 Å². The van der Waals surface area contributed by atoms with Crippen molar-refractivity contribution >= 4 is 34.1 Å². The Hall–Kier alpha value is -2.04. The highest BCUT2D eigenvalue weighted by Gasteiger charge is 2.59. The van der Waals surface area contributed by atoms with Crippen LogP contribution in [0.3, 0.4) is 0 Å². The lowest BCUT2D eigenvalue weighted by Gasteiger charge is -2.47. The predicted molar refractivity (Wildman–Crippen MR) is 110 cm³/mol. The molecule has 0 spiro atoms. The van der Waals surface area contributed by atoms with Crippen molar-refractivity contribution in [3.8, 4) is 11.5 Å². The van der Waals surface area contributed by atoms with Crippen molar-refractivity contribution in [1.29, 1.82) is 0 Å². The largest absolute Gasteiger partial charge is 0.415 e. The van der Waals surface area contributed by atoms with Gasteiger partial charge in [-0.25, -0.2) is 9.59 Å². The molecule has 148 valence electrons. The molecule has 0 N–H and O–H groups in total. The van der Waals surface area contributed by atoms with E-state index in [4.69, 9.17) is 32.7 Å². The highest BCUT2D eigenvalue weighted by Crippen LogP contribution is 2.64. The standard InChI is InChI=1S/C22H22Cl2O4/c1-20(2)16-11-10-15(28-19(24)26)12-17(16)22(5,21(20,3)4)13-6-8-14(9-7-13)27-18(23)25/h6-12H,1-5H3.